The quantitative estimate of drug-likeness (QED) is 0.782. The number of amides is 1. The van der Waals surface area contributed by atoms with Crippen molar-refractivity contribution in [1.29, 1.82) is 0 Å². The topological polar surface area (TPSA) is 50.3 Å². The Morgan fingerprint density at radius 3 is 2.81 bits per heavy atom. The molecule has 0 N–H and O–H groups in total. The van der Waals surface area contributed by atoms with Crippen molar-refractivity contribution >= 4 is 44.6 Å². The third-order valence-electron chi connectivity index (χ3n) is 3.42. The van der Waals surface area contributed by atoms with E-state index < -0.39 is 17.5 Å². The maximum atomic E-state index is 13.7. The van der Waals surface area contributed by atoms with Crippen LogP contribution in [0.1, 0.15) is 20.9 Å². The zero-order valence-electron chi connectivity index (χ0n) is 11.0. The molecule has 1 amide bonds. The third kappa shape index (κ3) is 2.40. The highest BCUT2D eigenvalue weighted by molar-refractivity contribution is 9.10. The Kier molecular flexibility index (Phi) is 3.62. The number of fused-ring (bicyclic) bond motifs is 1. The second-order valence-corrected chi connectivity index (χ2v) is 6.47. The number of ketones is 1. The lowest BCUT2D eigenvalue weighted by atomic mass is 10.1. The average molecular weight is 369 g/mol. The number of aromatic nitrogens is 1. The zero-order valence-corrected chi connectivity index (χ0v) is 13.4. The first-order valence-corrected chi connectivity index (χ1v) is 7.90. The predicted molar refractivity (Wildman–Crippen MR) is 81.3 cm³/mol. The first-order chi connectivity index (χ1) is 9.99. The van der Waals surface area contributed by atoms with Crippen molar-refractivity contribution in [3.05, 3.63) is 44.1 Å². The van der Waals surface area contributed by atoms with E-state index in [4.69, 9.17) is 0 Å². The van der Waals surface area contributed by atoms with Gasteiger partial charge >= 0.3 is 0 Å². The van der Waals surface area contributed by atoms with Gasteiger partial charge in [0.1, 0.15) is 5.82 Å². The molecule has 7 heteroatoms. The Morgan fingerprint density at radius 2 is 2.14 bits per heavy atom. The summed E-state index contributed by atoms with van der Waals surface area (Å²) in [6.45, 7) is 2.23. The highest BCUT2D eigenvalue weighted by Crippen LogP contribution is 2.33. The second-order valence-electron chi connectivity index (χ2n) is 4.68. The van der Waals surface area contributed by atoms with E-state index in [1.54, 1.807) is 5.51 Å². The Hall–Kier alpha value is -1.60. The van der Waals surface area contributed by atoms with E-state index in [1.807, 2.05) is 6.92 Å². The molecule has 108 valence electrons. The average Bonchev–Trinajstić information content (AvgIpc) is 2.95. The molecule has 0 saturated heterocycles. The fourth-order valence-electron chi connectivity index (χ4n) is 2.29. The molecule has 0 atom stereocenters. The molecule has 21 heavy (non-hydrogen) atoms. The lowest BCUT2D eigenvalue weighted by Gasteiger charge is -2.16. The van der Waals surface area contributed by atoms with Crippen LogP contribution in [0.2, 0.25) is 0 Å². The fourth-order valence-corrected chi connectivity index (χ4v) is 3.40. The fraction of sp³-hybridized carbons (Fsp3) is 0.214. The van der Waals surface area contributed by atoms with Crippen LogP contribution in [-0.2, 0) is 11.2 Å². The molecule has 1 aliphatic heterocycles. The van der Waals surface area contributed by atoms with Crippen molar-refractivity contribution in [2.45, 2.75) is 13.3 Å². The molecular formula is C14H10BrFN2O2S. The highest BCUT2D eigenvalue weighted by Gasteiger charge is 2.36. The van der Waals surface area contributed by atoms with Gasteiger partial charge in [-0.1, -0.05) is 0 Å². The number of anilines is 1. The van der Waals surface area contributed by atoms with Gasteiger partial charge in [-0.05, 0) is 35.0 Å². The number of carbonyl (C=O) groups excluding carboxylic acids is 2. The van der Waals surface area contributed by atoms with Crippen LogP contribution in [0.5, 0.6) is 0 Å². The van der Waals surface area contributed by atoms with Gasteiger partial charge in [0.2, 0.25) is 0 Å². The Balaban J connectivity index is 1.90. The van der Waals surface area contributed by atoms with Crippen LogP contribution in [0.15, 0.2) is 22.1 Å². The van der Waals surface area contributed by atoms with Gasteiger partial charge in [0.15, 0.2) is 0 Å². The number of Topliss-reactive ketones (excluding diaryl/α,β-unsaturated/α-hetero) is 1. The van der Waals surface area contributed by atoms with Crippen molar-refractivity contribution in [2.24, 2.45) is 0 Å². The molecule has 0 aliphatic carbocycles. The maximum Gasteiger partial charge on any atom is 0.299 e. The van der Waals surface area contributed by atoms with Gasteiger partial charge in [-0.3, -0.25) is 9.59 Å². The van der Waals surface area contributed by atoms with Gasteiger partial charge in [0.25, 0.3) is 11.7 Å². The Labute approximate surface area is 132 Å². The van der Waals surface area contributed by atoms with E-state index in [2.05, 4.69) is 20.9 Å². The number of halogens is 2. The van der Waals surface area contributed by atoms with Crippen LogP contribution in [0.3, 0.4) is 0 Å². The van der Waals surface area contributed by atoms with Crippen LogP contribution < -0.4 is 4.90 Å². The standard InChI is InChI=1S/C14H10BrFN2O2S/c1-7-12(21-6-17-7)2-3-18-11-5-10(16)9(15)4-8(11)13(19)14(18)20/h4-6H,2-3H2,1H3. The van der Waals surface area contributed by atoms with Crippen LogP contribution in [0, 0.1) is 12.7 Å². The van der Waals surface area contributed by atoms with Crippen LogP contribution in [0.4, 0.5) is 10.1 Å². The molecule has 1 aliphatic rings. The SMILES string of the molecule is Cc1ncsc1CCN1C(=O)C(=O)c2cc(Br)c(F)cc21. The summed E-state index contributed by atoms with van der Waals surface area (Å²) in [5, 5.41) is 0. The van der Waals surface area contributed by atoms with Gasteiger partial charge in [0.05, 0.1) is 26.9 Å². The molecule has 1 aromatic carbocycles. The van der Waals surface area contributed by atoms with Gasteiger partial charge < -0.3 is 4.90 Å². The van der Waals surface area contributed by atoms with Crippen LogP contribution >= 0.6 is 27.3 Å². The van der Waals surface area contributed by atoms with E-state index in [0.29, 0.717) is 18.7 Å². The summed E-state index contributed by atoms with van der Waals surface area (Å²) in [6.07, 6.45) is 0.590. The highest BCUT2D eigenvalue weighted by atomic mass is 79.9. The predicted octanol–water partition coefficient (Wildman–Crippen LogP) is 3.13. The van der Waals surface area contributed by atoms with Crippen LogP contribution in [0.25, 0.3) is 0 Å². The van der Waals surface area contributed by atoms with E-state index in [-0.39, 0.29) is 10.0 Å². The first-order valence-electron chi connectivity index (χ1n) is 6.23. The molecule has 0 radical (unpaired) electrons. The Bertz CT molecular complexity index is 759. The number of aryl methyl sites for hydroxylation is 1. The lowest BCUT2D eigenvalue weighted by Crippen LogP contribution is -2.31. The largest absolute Gasteiger partial charge is 0.304 e. The molecule has 3 rings (SSSR count). The van der Waals surface area contributed by atoms with Crippen molar-refractivity contribution < 1.29 is 14.0 Å². The normalized spacial score (nSPS) is 14.0. The van der Waals surface area contributed by atoms with Gasteiger partial charge in [-0.25, -0.2) is 9.37 Å². The minimum Gasteiger partial charge on any atom is -0.304 e. The summed E-state index contributed by atoms with van der Waals surface area (Å²) in [7, 11) is 0. The number of benzene rings is 1. The maximum absolute atomic E-state index is 13.7. The minimum atomic E-state index is -0.607. The summed E-state index contributed by atoms with van der Waals surface area (Å²) >= 11 is 4.54. The molecule has 2 aromatic rings. The Morgan fingerprint density at radius 1 is 1.38 bits per heavy atom. The van der Waals surface area contributed by atoms with Crippen molar-refractivity contribution in [3.8, 4) is 0 Å². The summed E-state index contributed by atoms with van der Waals surface area (Å²) in [4.78, 5) is 30.6. The molecule has 0 bridgehead atoms. The van der Waals surface area contributed by atoms with Gasteiger partial charge in [-0.15, -0.1) is 11.3 Å². The number of rotatable bonds is 3. The summed E-state index contributed by atoms with van der Waals surface area (Å²) in [5.41, 5.74) is 3.24. The van der Waals surface area contributed by atoms with E-state index in [1.165, 1.54) is 28.4 Å². The summed E-state index contributed by atoms with van der Waals surface area (Å²) in [6, 6.07) is 2.59. The molecule has 4 nitrogen and oxygen atoms in total. The van der Waals surface area contributed by atoms with E-state index >= 15 is 0 Å². The number of thiazole rings is 1. The van der Waals surface area contributed by atoms with Crippen molar-refractivity contribution in [3.63, 3.8) is 0 Å². The molecular weight excluding hydrogens is 359 g/mol. The molecule has 0 fully saturated rings. The molecule has 0 unspecified atom stereocenters. The van der Waals surface area contributed by atoms with Gasteiger partial charge in [0, 0.05) is 17.8 Å². The first kappa shape index (κ1) is 14.3. The summed E-state index contributed by atoms with van der Waals surface area (Å²) < 4.78 is 13.9. The monoisotopic (exact) mass is 368 g/mol. The van der Waals surface area contributed by atoms with Crippen molar-refractivity contribution in [2.75, 3.05) is 11.4 Å². The number of carbonyl (C=O) groups is 2. The number of hydrogen-bond acceptors (Lipinski definition) is 4. The molecule has 0 spiro atoms. The minimum absolute atomic E-state index is 0.183. The number of nitrogens with zero attached hydrogens (tertiary/aromatic N) is 2. The molecule has 0 saturated carbocycles. The van der Waals surface area contributed by atoms with E-state index in [9.17, 15) is 14.0 Å². The number of hydrogen-bond donors (Lipinski definition) is 0. The molecule has 2 heterocycles. The smallest absolute Gasteiger partial charge is 0.299 e. The van der Waals surface area contributed by atoms with Crippen molar-refractivity contribution in [1.82, 2.24) is 4.98 Å². The summed E-state index contributed by atoms with van der Waals surface area (Å²) in [5.74, 6) is -1.69. The zero-order chi connectivity index (χ0) is 15.1. The van der Waals surface area contributed by atoms with Gasteiger partial charge in [-0.2, -0.15) is 0 Å². The van der Waals surface area contributed by atoms with Crippen LogP contribution in [-0.4, -0.2) is 23.2 Å². The lowest BCUT2D eigenvalue weighted by molar-refractivity contribution is -0.114. The second kappa shape index (κ2) is 5.31. The third-order valence-corrected chi connectivity index (χ3v) is 5.02. The van der Waals surface area contributed by atoms with E-state index in [0.717, 1.165) is 10.6 Å². The molecule has 1 aromatic heterocycles.